The standard InChI is InChI=1S/C23H23ClO.C23H21Cl/c24-17-5-3-4-16(11-17)18-6-1-2-7-19(18)23(25)20-9-14-8-15-10-21(23)22(20,12-14)13-15;24-15-5-6-19-17(10-15)16-3-1-2-4-18(16)23(19)20-8-13-7-14-9-21(23)22(20,11-13)12-14/h1-7,11,14-15,20-21,25H,8-10,12-13H2;1-6,10,13-14,20-21H,7-9,11-12H2. The van der Waals surface area contributed by atoms with Crippen molar-refractivity contribution in [3.05, 3.63) is 118 Å². The second-order valence-electron chi connectivity index (χ2n) is 18.4. The van der Waals surface area contributed by atoms with Gasteiger partial charge in [0.2, 0.25) is 0 Å². The molecule has 6 bridgehead atoms. The molecule has 49 heavy (non-hydrogen) atoms. The monoisotopic (exact) mass is 682 g/mol. The molecule has 1 nitrogen and oxygen atoms in total. The lowest BCUT2D eigenvalue weighted by Gasteiger charge is -2.64. The van der Waals surface area contributed by atoms with Gasteiger partial charge in [-0.3, -0.25) is 0 Å². The van der Waals surface area contributed by atoms with Crippen LogP contribution in [0.4, 0.5) is 0 Å². The Morgan fingerprint density at radius 1 is 0.469 bits per heavy atom. The summed E-state index contributed by atoms with van der Waals surface area (Å²) in [6.45, 7) is 0. The van der Waals surface area contributed by atoms with E-state index in [1.54, 1.807) is 11.1 Å². The zero-order valence-electron chi connectivity index (χ0n) is 28.1. The first kappa shape index (κ1) is 29.0. The van der Waals surface area contributed by atoms with Gasteiger partial charge in [-0.2, -0.15) is 0 Å². The fourth-order valence-corrected chi connectivity index (χ4v) is 16.6. The van der Waals surface area contributed by atoms with Crippen LogP contribution in [0.1, 0.15) is 80.9 Å². The summed E-state index contributed by atoms with van der Waals surface area (Å²) in [4.78, 5) is 0. The Kier molecular flexibility index (Phi) is 5.60. The normalized spacial score (nSPS) is 44.1. The molecule has 13 rings (SSSR count). The first-order chi connectivity index (χ1) is 23.8. The molecule has 4 aromatic rings. The number of fused-ring (bicyclic) bond motifs is 11. The molecule has 8 saturated carbocycles. The molecule has 0 amide bonds. The molecular formula is C46H44Cl2O. The third-order valence-corrected chi connectivity index (χ3v) is 17.3. The van der Waals surface area contributed by atoms with Crippen LogP contribution in [-0.2, 0) is 11.0 Å². The van der Waals surface area contributed by atoms with Gasteiger partial charge in [0.25, 0.3) is 0 Å². The van der Waals surface area contributed by atoms with Crippen molar-refractivity contribution in [1.29, 1.82) is 0 Å². The van der Waals surface area contributed by atoms with E-state index in [0.717, 1.165) is 62.2 Å². The molecule has 248 valence electrons. The molecular weight excluding hydrogens is 639 g/mol. The summed E-state index contributed by atoms with van der Waals surface area (Å²) in [6.07, 6.45) is 14.2. The van der Waals surface area contributed by atoms with Crippen molar-refractivity contribution < 1.29 is 5.11 Å². The van der Waals surface area contributed by atoms with Crippen LogP contribution in [0.15, 0.2) is 91.0 Å². The van der Waals surface area contributed by atoms with Gasteiger partial charge in [-0.1, -0.05) is 89.9 Å². The third-order valence-electron chi connectivity index (χ3n) is 16.8. The van der Waals surface area contributed by atoms with E-state index in [2.05, 4.69) is 72.8 Å². The summed E-state index contributed by atoms with van der Waals surface area (Å²) in [6, 6.07) is 32.5. The zero-order valence-corrected chi connectivity index (χ0v) is 29.6. The highest BCUT2D eigenvalue weighted by Gasteiger charge is 2.80. The lowest BCUT2D eigenvalue weighted by Crippen LogP contribution is -2.62. The van der Waals surface area contributed by atoms with Crippen molar-refractivity contribution >= 4 is 23.2 Å². The van der Waals surface area contributed by atoms with Gasteiger partial charge in [-0.05, 0) is 186 Å². The maximum Gasteiger partial charge on any atom is 0.0969 e. The van der Waals surface area contributed by atoms with Crippen molar-refractivity contribution in [3.63, 3.8) is 0 Å². The molecule has 8 fully saturated rings. The van der Waals surface area contributed by atoms with Gasteiger partial charge in [0, 0.05) is 15.5 Å². The fraction of sp³-hybridized carbons (Fsp3) is 0.478. The van der Waals surface area contributed by atoms with E-state index >= 15 is 0 Å². The average molecular weight is 684 g/mol. The molecule has 0 saturated heterocycles. The van der Waals surface area contributed by atoms with Crippen LogP contribution in [-0.4, -0.2) is 5.11 Å². The minimum atomic E-state index is -0.636. The van der Waals surface area contributed by atoms with Gasteiger partial charge < -0.3 is 5.11 Å². The molecule has 0 radical (unpaired) electrons. The average Bonchev–Trinajstić information content (AvgIpc) is 3.79. The fourth-order valence-electron chi connectivity index (χ4n) is 16.2. The van der Waals surface area contributed by atoms with Crippen LogP contribution in [0.5, 0.6) is 0 Å². The highest BCUT2D eigenvalue weighted by molar-refractivity contribution is 6.31. The second kappa shape index (κ2) is 9.44. The summed E-state index contributed by atoms with van der Waals surface area (Å²) >= 11 is 12.6. The van der Waals surface area contributed by atoms with Gasteiger partial charge >= 0.3 is 0 Å². The van der Waals surface area contributed by atoms with Gasteiger partial charge in [0.05, 0.1) is 5.60 Å². The largest absolute Gasteiger partial charge is 0.385 e. The van der Waals surface area contributed by atoms with E-state index < -0.39 is 5.60 Å². The number of rotatable bonds is 2. The Morgan fingerprint density at radius 2 is 1.00 bits per heavy atom. The van der Waals surface area contributed by atoms with Crippen molar-refractivity contribution in [2.45, 2.75) is 75.2 Å². The first-order valence-electron chi connectivity index (χ1n) is 19.3. The lowest BCUT2D eigenvalue weighted by atomic mass is 9.38. The summed E-state index contributed by atoms with van der Waals surface area (Å²) in [5.41, 5.74) is 10.4. The van der Waals surface area contributed by atoms with E-state index in [1.807, 2.05) is 18.2 Å². The summed E-state index contributed by atoms with van der Waals surface area (Å²) in [5, 5.41) is 13.7. The quantitative estimate of drug-likeness (QED) is 0.223. The summed E-state index contributed by atoms with van der Waals surface area (Å²) in [5.74, 6) is 6.45. The Hall–Kier alpha value is -2.58. The maximum atomic E-state index is 12.0. The minimum Gasteiger partial charge on any atom is -0.385 e. The van der Waals surface area contributed by atoms with Gasteiger partial charge in [-0.25, -0.2) is 0 Å². The van der Waals surface area contributed by atoms with Crippen molar-refractivity contribution in [2.75, 3.05) is 0 Å². The number of benzene rings is 4. The molecule has 9 aliphatic rings. The molecule has 3 heteroatoms. The summed E-state index contributed by atoms with van der Waals surface area (Å²) < 4.78 is 0. The lowest BCUT2D eigenvalue weighted by molar-refractivity contribution is -0.235. The predicted octanol–water partition coefficient (Wildman–Crippen LogP) is 11.7. The minimum absolute atomic E-state index is 0.320. The molecule has 8 unspecified atom stereocenters. The van der Waals surface area contributed by atoms with Crippen molar-refractivity contribution in [3.8, 4) is 22.3 Å². The van der Waals surface area contributed by atoms with E-state index in [4.69, 9.17) is 23.2 Å². The molecule has 0 aliphatic heterocycles. The number of hydrogen-bond acceptors (Lipinski definition) is 1. The Labute approximate surface area is 300 Å². The SMILES string of the molecule is Clc1ccc2c(c1)-c1ccccc1C21C2CC3CC4CC1C2(C3)C4.OC1(c2ccccc2-c2cccc(Cl)c2)C2CC3CC4CC1C2(C3)C4. The Balaban J connectivity index is 0.000000113. The Bertz CT molecular complexity index is 2030. The van der Waals surface area contributed by atoms with Crippen LogP contribution >= 0.6 is 23.2 Å². The van der Waals surface area contributed by atoms with Gasteiger partial charge in [0.15, 0.2) is 0 Å². The van der Waals surface area contributed by atoms with Crippen LogP contribution in [0, 0.1) is 58.2 Å². The van der Waals surface area contributed by atoms with E-state index in [-0.39, 0.29) is 0 Å². The van der Waals surface area contributed by atoms with Crippen LogP contribution < -0.4 is 0 Å². The molecule has 0 aromatic heterocycles. The van der Waals surface area contributed by atoms with Gasteiger partial charge in [-0.15, -0.1) is 0 Å². The molecule has 1 N–H and O–H groups in total. The highest BCUT2D eigenvalue weighted by atomic mass is 35.5. The third kappa shape index (κ3) is 3.33. The van der Waals surface area contributed by atoms with Gasteiger partial charge in [0.1, 0.15) is 0 Å². The number of hydrogen-bond donors (Lipinski definition) is 1. The first-order valence-corrected chi connectivity index (χ1v) is 20.1. The van der Waals surface area contributed by atoms with Crippen molar-refractivity contribution in [2.24, 2.45) is 58.2 Å². The maximum absolute atomic E-state index is 12.0. The molecule has 9 aliphatic carbocycles. The second-order valence-corrected chi connectivity index (χ2v) is 19.2. The van der Waals surface area contributed by atoms with Crippen LogP contribution in [0.2, 0.25) is 10.0 Å². The van der Waals surface area contributed by atoms with Crippen LogP contribution in [0.25, 0.3) is 22.3 Å². The zero-order chi connectivity index (χ0) is 32.5. The van der Waals surface area contributed by atoms with E-state index in [1.165, 1.54) is 75.3 Å². The molecule has 0 heterocycles. The molecule has 3 spiro atoms. The van der Waals surface area contributed by atoms with Crippen LogP contribution in [0.3, 0.4) is 0 Å². The predicted molar refractivity (Wildman–Crippen MR) is 197 cm³/mol. The number of halogens is 2. The summed E-state index contributed by atoms with van der Waals surface area (Å²) in [7, 11) is 0. The Morgan fingerprint density at radius 3 is 1.65 bits per heavy atom. The number of aliphatic hydroxyl groups is 1. The topological polar surface area (TPSA) is 20.2 Å². The van der Waals surface area contributed by atoms with E-state index in [0.29, 0.717) is 28.1 Å². The molecule has 8 atom stereocenters. The molecule has 4 aromatic carbocycles. The van der Waals surface area contributed by atoms with Crippen molar-refractivity contribution in [1.82, 2.24) is 0 Å². The van der Waals surface area contributed by atoms with E-state index in [9.17, 15) is 5.11 Å². The highest BCUT2D eigenvalue weighted by Crippen LogP contribution is 2.85. The smallest absolute Gasteiger partial charge is 0.0969 e.